The van der Waals surface area contributed by atoms with Gasteiger partial charge in [-0.15, -0.1) is 0 Å². The zero-order chi connectivity index (χ0) is 17.8. The van der Waals surface area contributed by atoms with Gasteiger partial charge in [0.25, 0.3) is 0 Å². The predicted octanol–water partition coefficient (Wildman–Crippen LogP) is 0.616. The van der Waals surface area contributed by atoms with E-state index in [9.17, 15) is 13.2 Å². The highest BCUT2D eigenvalue weighted by Crippen LogP contribution is 2.26. The van der Waals surface area contributed by atoms with E-state index in [-0.39, 0.29) is 10.4 Å². The largest absolute Gasteiger partial charge is 0.421 e. The quantitative estimate of drug-likeness (QED) is 0.621. The molecular formula is C16H18N4O4S. The number of aryl methyl sites for hydroxylation is 1. The molecule has 0 saturated carbocycles. The molecule has 132 valence electrons. The van der Waals surface area contributed by atoms with Crippen molar-refractivity contribution in [1.82, 2.24) is 18.8 Å². The summed E-state index contributed by atoms with van der Waals surface area (Å²) < 4.78 is 34.4. The van der Waals surface area contributed by atoms with Gasteiger partial charge in [0, 0.05) is 38.6 Å². The third-order valence-corrected chi connectivity index (χ3v) is 6.53. The highest BCUT2D eigenvalue weighted by atomic mass is 32.2. The number of hydrogen-bond donors (Lipinski definition) is 0. The Labute approximate surface area is 144 Å². The third-order valence-electron chi connectivity index (χ3n) is 4.64. The van der Waals surface area contributed by atoms with Gasteiger partial charge in [0.15, 0.2) is 5.52 Å². The molecule has 0 aliphatic carbocycles. The maximum Gasteiger partial charge on any atom is 0.364 e. The van der Waals surface area contributed by atoms with E-state index in [0.29, 0.717) is 42.7 Å². The van der Waals surface area contributed by atoms with Crippen LogP contribution in [0, 0.1) is 0 Å². The van der Waals surface area contributed by atoms with Crippen molar-refractivity contribution < 1.29 is 12.8 Å². The van der Waals surface area contributed by atoms with Gasteiger partial charge in [0.1, 0.15) is 5.58 Å². The van der Waals surface area contributed by atoms with Crippen molar-refractivity contribution in [3.05, 3.63) is 34.9 Å². The fourth-order valence-corrected chi connectivity index (χ4v) is 4.62. The van der Waals surface area contributed by atoms with Crippen molar-refractivity contribution in [2.45, 2.75) is 4.90 Å². The fraction of sp³-hybridized carbons (Fsp3) is 0.375. The SMILES string of the molecule is CN1CCN(S(=O)(=O)c2ccc3oc(=O)c4ncn(C)c4c3c2)CC1. The lowest BCUT2D eigenvalue weighted by Gasteiger charge is -2.31. The second-order valence-corrected chi connectivity index (χ2v) is 8.25. The monoisotopic (exact) mass is 362 g/mol. The topological polar surface area (TPSA) is 88.7 Å². The summed E-state index contributed by atoms with van der Waals surface area (Å²) in [6.45, 7) is 2.32. The average Bonchev–Trinajstić information content (AvgIpc) is 2.98. The minimum absolute atomic E-state index is 0.195. The minimum atomic E-state index is -3.59. The number of hydrogen-bond acceptors (Lipinski definition) is 6. The molecule has 3 heterocycles. The molecule has 0 radical (unpaired) electrons. The second kappa shape index (κ2) is 5.65. The van der Waals surface area contributed by atoms with E-state index in [2.05, 4.69) is 9.88 Å². The maximum absolute atomic E-state index is 13.0. The average molecular weight is 362 g/mol. The Kier molecular flexibility index (Phi) is 3.67. The summed E-state index contributed by atoms with van der Waals surface area (Å²) in [5.41, 5.74) is 0.585. The third kappa shape index (κ3) is 2.55. The van der Waals surface area contributed by atoms with Gasteiger partial charge in [0.2, 0.25) is 10.0 Å². The Hall–Kier alpha value is -2.23. The molecule has 0 atom stereocenters. The molecule has 0 bridgehead atoms. The van der Waals surface area contributed by atoms with Crippen molar-refractivity contribution in [3.8, 4) is 0 Å². The summed E-state index contributed by atoms with van der Waals surface area (Å²) in [6, 6.07) is 4.59. The van der Waals surface area contributed by atoms with E-state index in [1.54, 1.807) is 17.7 Å². The molecule has 8 nitrogen and oxygen atoms in total. The first-order chi connectivity index (χ1) is 11.9. The molecule has 0 unspecified atom stereocenters. The molecule has 0 amide bonds. The number of aromatic nitrogens is 2. The first kappa shape index (κ1) is 16.2. The molecule has 4 rings (SSSR count). The van der Waals surface area contributed by atoms with Gasteiger partial charge in [-0.25, -0.2) is 18.2 Å². The highest BCUT2D eigenvalue weighted by Gasteiger charge is 2.28. The van der Waals surface area contributed by atoms with Crippen molar-refractivity contribution >= 4 is 32.0 Å². The first-order valence-electron chi connectivity index (χ1n) is 7.94. The molecule has 1 saturated heterocycles. The van der Waals surface area contributed by atoms with Crippen LogP contribution < -0.4 is 5.63 Å². The summed E-state index contributed by atoms with van der Waals surface area (Å²) in [6.07, 6.45) is 1.52. The van der Waals surface area contributed by atoms with Crippen molar-refractivity contribution in [2.75, 3.05) is 33.2 Å². The van der Waals surface area contributed by atoms with E-state index in [0.717, 1.165) is 0 Å². The Morgan fingerprint density at radius 1 is 1.12 bits per heavy atom. The molecule has 0 N–H and O–H groups in total. The number of nitrogens with zero attached hydrogens (tertiary/aromatic N) is 4. The van der Waals surface area contributed by atoms with Crippen molar-refractivity contribution in [1.29, 1.82) is 0 Å². The van der Waals surface area contributed by atoms with Crippen LogP contribution in [0.25, 0.3) is 22.0 Å². The number of benzene rings is 1. The van der Waals surface area contributed by atoms with Gasteiger partial charge in [-0.3, -0.25) is 0 Å². The Balaban J connectivity index is 1.89. The minimum Gasteiger partial charge on any atom is -0.421 e. The zero-order valence-electron chi connectivity index (χ0n) is 14.0. The summed E-state index contributed by atoms with van der Waals surface area (Å²) in [5.74, 6) is 0. The Morgan fingerprint density at radius 2 is 1.84 bits per heavy atom. The van der Waals surface area contributed by atoms with E-state index < -0.39 is 15.6 Å². The molecule has 25 heavy (non-hydrogen) atoms. The summed E-state index contributed by atoms with van der Waals surface area (Å²) >= 11 is 0. The number of imidazole rings is 1. The molecule has 1 aliphatic heterocycles. The van der Waals surface area contributed by atoms with Gasteiger partial charge in [-0.2, -0.15) is 4.31 Å². The normalized spacial score (nSPS) is 17.5. The molecule has 0 spiro atoms. The van der Waals surface area contributed by atoms with Crippen LogP contribution in [0.3, 0.4) is 0 Å². The number of fused-ring (bicyclic) bond motifs is 3. The number of piperazine rings is 1. The first-order valence-corrected chi connectivity index (χ1v) is 9.38. The lowest BCUT2D eigenvalue weighted by atomic mass is 10.2. The van der Waals surface area contributed by atoms with Crippen LogP contribution in [-0.2, 0) is 17.1 Å². The lowest BCUT2D eigenvalue weighted by Crippen LogP contribution is -2.46. The van der Waals surface area contributed by atoms with Crippen LogP contribution in [0.5, 0.6) is 0 Å². The zero-order valence-corrected chi connectivity index (χ0v) is 14.8. The molecule has 1 fully saturated rings. The fourth-order valence-electron chi connectivity index (χ4n) is 3.17. The van der Waals surface area contributed by atoms with Crippen LogP contribution in [0.1, 0.15) is 0 Å². The van der Waals surface area contributed by atoms with Crippen molar-refractivity contribution in [3.63, 3.8) is 0 Å². The van der Waals surface area contributed by atoms with Crippen LogP contribution in [0.15, 0.2) is 38.6 Å². The van der Waals surface area contributed by atoms with Crippen LogP contribution in [-0.4, -0.2) is 60.4 Å². The van der Waals surface area contributed by atoms with Crippen LogP contribution >= 0.6 is 0 Å². The molecule has 9 heteroatoms. The van der Waals surface area contributed by atoms with E-state index in [4.69, 9.17) is 4.42 Å². The molecule has 1 aromatic carbocycles. The molecule has 1 aliphatic rings. The summed E-state index contributed by atoms with van der Waals surface area (Å²) in [4.78, 5) is 18.3. The predicted molar refractivity (Wildman–Crippen MR) is 93.0 cm³/mol. The Morgan fingerprint density at radius 3 is 2.56 bits per heavy atom. The smallest absolute Gasteiger partial charge is 0.364 e. The molecule has 2 aromatic heterocycles. The highest BCUT2D eigenvalue weighted by molar-refractivity contribution is 7.89. The van der Waals surface area contributed by atoms with Crippen LogP contribution in [0.2, 0.25) is 0 Å². The van der Waals surface area contributed by atoms with Gasteiger partial charge in [-0.1, -0.05) is 0 Å². The number of rotatable bonds is 2. The maximum atomic E-state index is 13.0. The number of likely N-dealkylation sites (N-methyl/N-ethyl adjacent to an activating group) is 1. The summed E-state index contributed by atoms with van der Waals surface area (Å²) in [5, 5.41) is 0.560. The molecular weight excluding hydrogens is 344 g/mol. The second-order valence-electron chi connectivity index (χ2n) is 6.31. The van der Waals surface area contributed by atoms with Crippen LogP contribution in [0.4, 0.5) is 0 Å². The van der Waals surface area contributed by atoms with Gasteiger partial charge < -0.3 is 13.9 Å². The van der Waals surface area contributed by atoms with E-state index in [1.165, 1.54) is 22.8 Å². The van der Waals surface area contributed by atoms with Gasteiger partial charge in [0.05, 0.1) is 16.7 Å². The van der Waals surface area contributed by atoms with Gasteiger partial charge in [-0.05, 0) is 25.2 Å². The van der Waals surface area contributed by atoms with E-state index in [1.807, 2.05) is 7.05 Å². The lowest BCUT2D eigenvalue weighted by molar-refractivity contribution is 0.222. The number of sulfonamides is 1. The standard InChI is InChI=1S/C16H18N4O4S/c1-18-5-7-20(8-6-18)25(22,23)11-3-4-13-12(9-11)15-14(16(21)24-13)17-10-19(15)2/h3-4,9-10H,5-8H2,1-2H3. The summed E-state index contributed by atoms with van der Waals surface area (Å²) in [7, 11) is 0.139. The Bertz CT molecular complexity index is 1120. The van der Waals surface area contributed by atoms with E-state index >= 15 is 0 Å². The van der Waals surface area contributed by atoms with Crippen molar-refractivity contribution in [2.24, 2.45) is 7.05 Å². The molecule has 3 aromatic rings. The van der Waals surface area contributed by atoms with Gasteiger partial charge >= 0.3 is 5.63 Å².